The van der Waals surface area contributed by atoms with Gasteiger partial charge in [0.05, 0.1) is 26.7 Å². The Balaban J connectivity index is 2.35. The van der Waals surface area contributed by atoms with E-state index in [0.29, 0.717) is 18.9 Å². The fourth-order valence-electron chi connectivity index (χ4n) is 2.99. The topological polar surface area (TPSA) is 98.3 Å². The maximum atomic E-state index is 12.5. The molecule has 0 spiro atoms. The molecular weight excluding hydrogens is 402 g/mol. The lowest BCUT2D eigenvalue weighted by Crippen LogP contribution is -2.56. The smallest absolute Gasteiger partial charge is 0.410 e. The van der Waals surface area contributed by atoms with Gasteiger partial charge in [-0.25, -0.2) is 14.6 Å². The highest BCUT2D eigenvalue weighted by molar-refractivity contribution is 6.29. The van der Waals surface area contributed by atoms with Crippen LogP contribution in [-0.4, -0.2) is 73.4 Å². The Labute approximate surface area is 174 Å². The van der Waals surface area contributed by atoms with Crippen LogP contribution in [0.5, 0.6) is 0 Å². The molecule has 1 atom stereocenters. The van der Waals surface area contributed by atoms with Gasteiger partial charge in [0, 0.05) is 19.6 Å². The first-order valence-corrected chi connectivity index (χ1v) is 9.49. The molecule has 0 saturated carbocycles. The molecule has 1 saturated heterocycles. The van der Waals surface area contributed by atoms with Gasteiger partial charge in [-0.05, 0) is 32.9 Å². The minimum atomic E-state index is -0.640. The number of methoxy groups -OCH3 is 2. The highest BCUT2D eigenvalue weighted by Crippen LogP contribution is 2.27. The van der Waals surface area contributed by atoms with Crippen LogP contribution in [0, 0.1) is 0 Å². The summed E-state index contributed by atoms with van der Waals surface area (Å²) in [5.41, 5.74) is -0.420. The average molecular weight is 428 g/mol. The number of pyridine rings is 1. The number of ether oxygens (including phenoxy) is 3. The zero-order valence-electron chi connectivity index (χ0n) is 17.2. The van der Waals surface area contributed by atoms with Crippen molar-refractivity contribution in [3.63, 3.8) is 0 Å². The third kappa shape index (κ3) is 5.96. The molecule has 0 aromatic carbocycles. The van der Waals surface area contributed by atoms with Crippen LogP contribution in [0.15, 0.2) is 12.1 Å². The van der Waals surface area contributed by atoms with Gasteiger partial charge >= 0.3 is 18.0 Å². The molecule has 0 radical (unpaired) electrons. The Hall–Kier alpha value is -2.55. The number of halogens is 1. The molecule has 1 aromatic heterocycles. The van der Waals surface area contributed by atoms with Crippen LogP contribution in [-0.2, 0) is 19.0 Å². The number of esters is 2. The van der Waals surface area contributed by atoms with Crippen molar-refractivity contribution in [1.29, 1.82) is 0 Å². The molecule has 2 rings (SSSR count). The number of amides is 1. The molecule has 1 unspecified atom stereocenters. The predicted molar refractivity (Wildman–Crippen MR) is 106 cm³/mol. The van der Waals surface area contributed by atoms with Crippen LogP contribution in [0.1, 0.15) is 37.6 Å². The SMILES string of the molecule is COC(=O)CC1CN(C(=O)OC(C)(C)C)CCN1c1nc(Cl)ccc1C(=O)OC. The largest absolute Gasteiger partial charge is 0.469 e. The van der Waals surface area contributed by atoms with E-state index in [9.17, 15) is 14.4 Å². The fourth-order valence-corrected chi connectivity index (χ4v) is 3.13. The summed E-state index contributed by atoms with van der Waals surface area (Å²) < 4.78 is 15.1. The lowest BCUT2D eigenvalue weighted by Gasteiger charge is -2.42. The molecule has 1 amide bonds. The van der Waals surface area contributed by atoms with E-state index in [2.05, 4.69) is 4.98 Å². The van der Waals surface area contributed by atoms with Gasteiger partial charge in [0.15, 0.2) is 0 Å². The first-order chi connectivity index (χ1) is 13.6. The van der Waals surface area contributed by atoms with Gasteiger partial charge in [0.2, 0.25) is 0 Å². The van der Waals surface area contributed by atoms with Gasteiger partial charge < -0.3 is 24.0 Å². The van der Waals surface area contributed by atoms with Crippen LogP contribution in [0.4, 0.5) is 10.6 Å². The van der Waals surface area contributed by atoms with Crippen molar-refractivity contribution >= 4 is 35.5 Å². The van der Waals surface area contributed by atoms with E-state index in [1.165, 1.54) is 31.3 Å². The lowest BCUT2D eigenvalue weighted by atomic mass is 10.1. The van der Waals surface area contributed by atoms with E-state index in [1.807, 2.05) is 0 Å². The second kappa shape index (κ2) is 9.30. The number of hydrogen-bond acceptors (Lipinski definition) is 8. The molecule has 0 N–H and O–H groups in total. The molecule has 2 heterocycles. The summed E-state index contributed by atoms with van der Waals surface area (Å²) in [6.45, 7) is 6.18. The van der Waals surface area contributed by atoms with E-state index >= 15 is 0 Å². The number of piperazine rings is 1. The van der Waals surface area contributed by atoms with Crippen molar-refractivity contribution in [1.82, 2.24) is 9.88 Å². The second-order valence-corrected chi connectivity index (χ2v) is 7.94. The molecular formula is C19H26ClN3O6. The van der Waals surface area contributed by atoms with Gasteiger partial charge in [0.1, 0.15) is 22.1 Å². The van der Waals surface area contributed by atoms with Crippen molar-refractivity contribution < 1.29 is 28.6 Å². The Morgan fingerprint density at radius 3 is 2.45 bits per heavy atom. The van der Waals surface area contributed by atoms with Crippen molar-refractivity contribution in [2.24, 2.45) is 0 Å². The number of carbonyl (C=O) groups excluding carboxylic acids is 3. The van der Waals surface area contributed by atoms with Gasteiger partial charge in [-0.1, -0.05) is 11.6 Å². The van der Waals surface area contributed by atoms with Crippen LogP contribution in [0.3, 0.4) is 0 Å². The Kier molecular flexibility index (Phi) is 7.29. The van der Waals surface area contributed by atoms with Crippen molar-refractivity contribution in [2.75, 3.05) is 38.8 Å². The summed E-state index contributed by atoms with van der Waals surface area (Å²) in [4.78, 5) is 44.2. The molecule has 0 bridgehead atoms. The third-order valence-electron chi connectivity index (χ3n) is 4.28. The number of anilines is 1. The van der Waals surface area contributed by atoms with E-state index in [1.54, 1.807) is 25.7 Å². The van der Waals surface area contributed by atoms with Crippen molar-refractivity contribution in [3.8, 4) is 0 Å². The molecule has 9 nitrogen and oxygen atoms in total. The second-order valence-electron chi connectivity index (χ2n) is 7.55. The maximum Gasteiger partial charge on any atom is 0.410 e. The fraction of sp³-hybridized carbons (Fsp3) is 0.579. The van der Waals surface area contributed by atoms with Gasteiger partial charge in [0.25, 0.3) is 0 Å². The molecule has 10 heteroatoms. The van der Waals surface area contributed by atoms with E-state index < -0.39 is 29.7 Å². The minimum Gasteiger partial charge on any atom is -0.469 e. The number of nitrogens with zero attached hydrogens (tertiary/aromatic N) is 3. The number of aromatic nitrogens is 1. The van der Waals surface area contributed by atoms with Crippen LogP contribution >= 0.6 is 11.6 Å². The minimum absolute atomic E-state index is 0.00932. The van der Waals surface area contributed by atoms with Gasteiger partial charge in [-0.3, -0.25) is 4.79 Å². The number of carbonyl (C=O) groups is 3. The monoisotopic (exact) mass is 427 g/mol. The average Bonchev–Trinajstić information content (AvgIpc) is 2.65. The number of rotatable bonds is 4. The molecule has 0 aliphatic carbocycles. The summed E-state index contributed by atoms with van der Waals surface area (Å²) in [6, 6.07) is 2.52. The third-order valence-corrected chi connectivity index (χ3v) is 4.49. The summed E-state index contributed by atoms with van der Waals surface area (Å²) in [5, 5.41) is 0.194. The van der Waals surface area contributed by atoms with Gasteiger partial charge in [-0.15, -0.1) is 0 Å². The van der Waals surface area contributed by atoms with E-state index in [4.69, 9.17) is 25.8 Å². The molecule has 29 heavy (non-hydrogen) atoms. The molecule has 160 valence electrons. The zero-order valence-corrected chi connectivity index (χ0v) is 18.0. The van der Waals surface area contributed by atoms with E-state index in [0.717, 1.165) is 0 Å². The normalized spacial score (nSPS) is 17.0. The summed E-state index contributed by atoms with van der Waals surface area (Å²) >= 11 is 6.05. The number of hydrogen-bond donors (Lipinski definition) is 0. The summed E-state index contributed by atoms with van der Waals surface area (Å²) in [7, 11) is 2.56. The molecule has 1 aliphatic heterocycles. The van der Waals surface area contributed by atoms with E-state index in [-0.39, 0.29) is 23.7 Å². The summed E-state index contributed by atoms with van der Waals surface area (Å²) in [5.74, 6) is -0.731. The molecule has 1 aliphatic rings. The maximum absolute atomic E-state index is 12.5. The quantitative estimate of drug-likeness (QED) is 0.410. The molecule has 1 aromatic rings. The zero-order chi connectivity index (χ0) is 21.8. The first kappa shape index (κ1) is 22.7. The van der Waals surface area contributed by atoms with Gasteiger partial charge in [-0.2, -0.15) is 0 Å². The lowest BCUT2D eigenvalue weighted by molar-refractivity contribution is -0.141. The summed E-state index contributed by atoms with van der Waals surface area (Å²) in [6.07, 6.45) is -0.482. The van der Waals surface area contributed by atoms with Crippen LogP contribution in [0.25, 0.3) is 0 Å². The van der Waals surface area contributed by atoms with Crippen LogP contribution < -0.4 is 4.90 Å². The van der Waals surface area contributed by atoms with Crippen molar-refractivity contribution in [3.05, 3.63) is 22.8 Å². The molecule has 1 fully saturated rings. The first-order valence-electron chi connectivity index (χ1n) is 9.12. The Morgan fingerprint density at radius 2 is 1.86 bits per heavy atom. The Morgan fingerprint density at radius 1 is 1.17 bits per heavy atom. The standard InChI is InChI=1S/C19H26ClN3O6/c1-19(2,3)29-18(26)22-8-9-23(12(11-22)10-15(24)27-4)16-13(17(25)28-5)6-7-14(20)21-16/h6-7,12H,8-11H2,1-5H3. The van der Waals surface area contributed by atoms with Crippen LogP contribution in [0.2, 0.25) is 5.15 Å². The highest BCUT2D eigenvalue weighted by atomic mass is 35.5. The Bertz CT molecular complexity index is 780. The van der Waals surface area contributed by atoms with Crippen molar-refractivity contribution in [2.45, 2.75) is 38.8 Å². The predicted octanol–water partition coefficient (Wildman–Crippen LogP) is 2.51. The highest BCUT2D eigenvalue weighted by Gasteiger charge is 2.36.